The summed E-state index contributed by atoms with van der Waals surface area (Å²) in [6.45, 7) is 1.69. The summed E-state index contributed by atoms with van der Waals surface area (Å²) >= 11 is 0. The first-order valence-corrected chi connectivity index (χ1v) is 5.98. The highest BCUT2D eigenvalue weighted by atomic mass is 15.6. The lowest BCUT2D eigenvalue weighted by molar-refractivity contribution is 0.491. The number of aromatic nitrogens is 4. The second-order valence-corrected chi connectivity index (χ2v) is 4.30. The van der Waals surface area contributed by atoms with Gasteiger partial charge in [0.2, 0.25) is 5.82 Å². The van der Waals surface area contributed by atoms with Gasteiger partial charge in [-0.15, -0.1) is 10.2 Å². The molecule has 0 unspecified atom stereocenters. The average molecular weight is 229 g/mol. The van der Waals surface area contributed by atoms with E-state index in [0.717, 1.165) is 24.7 Å². The minimum atomic E-state index is 0.692. The van der Waals surface area contributed by atoms with Gasteiger partial charge in [-0.25, -0.2) is 0 Å². The molecule has 2 aromatic rings. The summed E-state index contributed by atoms with van der Waals surface area (Å²) in [6.07, 6.45) is 2.61. The summed E-state index contributed by atoms with van der Waals surface area (Å²) in [5, 5.41) is 15.9. The lowest BCUT2D eigenvalue weighted by Gasteiger charge is -2.00. The summed E-state index contributed by atoms with van der Waals surface area (Å²) in [5.74, 6) is 0.692. The first-order valence-electron chi connectivity index (χ1n) is 5.98. The Balaban J connectivity index is 1.61. The minimum absolute atomic E-state index is 0.692. The standard InChI is InChI=1S/C12H15N5/c1-2-4-10(5-3-1)12-14-16-17(15-12)9-8-13-11-6-7-11/h1-5,11,13H,6-9H2. The lowest BCUT2D eigenvalue weighted by Crippen LogP contribution is -2.22. The zero-order chi connectivity index (χ0) is 11.5. The molecular formula is C12H15N5. The summed E-state index contributed by atoms with van der Waals surface area (Å²) in [4.78, 5) is 1.65. The zero-order valence-electron chi connectivity index (χ0n) is 9.58. The highest BCUT2D eigenvalue weighted by molar-refractivity contribution is 5.52. The molecule has 0 amide bonds. The van der Waals surface area contributed by atoms with Gasteiger partial charge in [-0.05, 0) is 18.1 Å². The molecule has 17 heavy (non-hydrogen) atoms. The Bertz CT molecular complexity index is 475. The third kappa shape index (κ3) is 2.68. The molecule has 1 aliphatic rings. The van der Waals surface area contributed by atoms with Crippen molar-refractivity contribution < 1.29 is 0 Å². The fraction of sp³-hybridized carbons (Fsp3) is 0.417. The van der Waals surface area contributed by atoms with E-state index in [1.165, 1.54) is 12.8 Å². The van der Waals surface area contributed by atoms with E-state index in [1.807, 2.05) is 30.3 Å². The van der Waals surface area contributed by atoms with Crippen LogP contribution in [0.2, 0.25) is 0 Å². The van der Waals surface area contributed by atoms with Crippen LogP contribution in [0, 0.1) is 0 Å². The van der Waals surface area contributed by atoms with Crippen LogP contribution in [0.5, 0.6) is 0 Å². The van der Waals surface area contributed by atoms with Crippen molar-refractivity contribution in [2.45, 2.75) is 25.4 Å². The van der Waals surface area contributed by atoms with Crippen LogP contribution in [-0.2, 0) is 6.54 Å². The number of nitrogens with zero attached hydrogens (tertiary/aromatic N) is 4. The number of benzene rings is 1. The third-order valence-corrected chi connectivity index (χ3v) is 2.81. The molecule has 0 aliphatic heterocycles. The van der Waals surface area contributed by atoms with Crippen molar-refractivity contribution in [1.82, 2.24) is 25.5 Å². The van der Waals surface area contributed by atoms with E-state index in [-0.39, 0.29) is 0 Å². The molecule has 1 fully saturated rings. The minimum Gasteiger partial charge on any atom is -0.312 e. The predicted octanol–water partition coefficient (Wildman–Crippen LogP) is 1.09. The molecule has 0 bridgehead atoms. The van der Waals surface area contributed by atoms with Crippen LogP contribution in [-0.4, -0.2) is 32.8 Å². The van der Waals surface area contributed by atoms with Gasteiger partial charge in [0.1, 0.15) is 0 Å². The highest BCUT2D eigenvalue weighted by Crippen LogP contribution is 2.18. The number of hydrogen-bond acceptors (Lipinski definition) is 4. The maximum absolute atomic E-state index is 4.35. The summed E-state index contributed by atoms with van der Waals surface area (Å²) in [5.41, 5.74) is 1.01. The molecule has 3 rings (SSSR count). The van der Waals surface area contributed by atoms with Crippen LogP contribution in [0.4, 0.5) is 0 Å². The SMILES string of the molecule is c1ccc(-c2nnn(CCNC3CC3)n2)cc1. The van der Waals surface area contributed by atoms with E-state index in [4.69, 9.17) is 0 Å². The van der Waals surface area contributed by atoms with Crippen LogP contribution in [0.15, 0.2) is 30.3 Å². The molecule has 1 aromatic carbocycles. The van der Waals surface area contributed by atoms with Gasteiger partial charge >= 0.3 is 0 Å². The molecule has 5 nitrogen and oxygen atoms in total. The smallest absolute Gasteiger partial charge is 0.204 e. The largest absolute Gasteiger partial charge is 0.312 e. The molecule has 0 spiro atoms. The molecule has 88 valence electrons. The summed E-state index contributed by atoms with van der Waals surface area (Å²) in [7, 11) is 0. The van der Waals surface area contributed by atoms with Gasteiger partial charge in [-0.2, -0.15) is 4.80 Å². The van der Waals surface area contributed by atoms with Crippen molar-refractivity contribution in [3.8, 4) is 11.4 Å². The first-order chi connectivity index (χ1) is 8.42. The van der Waals surface area contributed by atoms with Gasteiger partial charge in [0, 0.05) is 18.2 Å². The molecule has 0 saturated heterocycles. The lowest BCUT2D eigenvalue weighted by atomic mass is 10.2. The maximum atomic E-state index is 4.35. The van der Waals surface area contributed by atoms with Crippen LogP contribution in [0.3, 0.4) is 0 Å². The topological polar surface area (TPSA) is 55.6 Å². The van der Waals surface area contributed by atoms with E-state index >= 15 is 0 Å². The summed E-state index contributed by atoms with van der Waals surface area (Å²) in [6, 6.07) is 10.6. The molecule has 1 aromatic heterocycles. The molecule has 1 N–H and O–H groups in total. The quantitative estimate of drug-likeness (QED) is 0.834. The number of nitrogens with one attached hydrogen (secondary N) is 1. The van der Waals surface area contributed by atoms with Crippen molar-refractivity contribution in [3.05, 3.63) is 30.3 Å². The van der Waals surface area contributed by atoms with E-state index in [9.17, 15) is 0 Å². The summed E-state index contributed by atoms with van der Waals surface area (Å²) < 4.78 is 0. The van der Waals surface area contributed by atoms with Crippen LogP contribution >= 0.6 is 0 Å². The van der Waals surface area contributed by atoms with Crippen LogP contribution in [0.25, 0.3) is 11.4 Å². The Labute approximate surface area is 99.8 Å². The average Bonchev–Trinajstić information content (AvgIpc) is 3.07. The predicted molar refractivity (Wildman–Crippen MR) is 64.3 cm³/mol. The molecule has 0 atom stereocenters. The van der Waals surface area contributed by atoms with Crippen LogP contribution in [0.1, 0.15) is 12.8 Å². The fourth-order valence-electron chi connectivity index (χ4n) is 1.70. The fourth-order valence-corrected chi connectivity index (χ4v) is 1.70. The first kappa shape index (κ1) is 10.4. The normalized spacial score (nSPS) is 15.1. The zero-order valence-corrected chi connectivity index (χ0v) is 9.58. The second kappa shape index (κ2) is 4.63. The molecular weight excluding hydrogens is 214 g/mol. The Kier molecular flexibility index (Phi) is 2.83. The second-order valence-electron chi connectivity index (χ2n) is 4.30. The molecule has 1 aliphatic carbocycles. The van der Waals surface area contributed by atoms with Crippen molar-refractivity contribution >= 4 is 0 Å². The van der Waals surface area contributed by atoms with Gasteiger partial charge in [-0.1, -0.05) is 30.3 Å². The Morgan fingerprint density at radius 1 is 1.24 bits per heavy atom. The van der Waals surface area contributed by atoms with Crippen LogP contribution < -0.4 is 5.32 Å². The van der Waals surface area contributed by atoms with Gasteiger partial charge in [0.15, 0.2) is 0 Å². The Morgan fingerprint density at radius 3 is 2.82 bits per heavy atom. The van der Waals surface area contributed by atoms with Crippen molar-refractivity contribution in [1.29, 1.82) is 0 Å². The highest BCUT2D eigenvalue weighted by Gasteiger charge is 2.19. The number of tetrazole rings is 1. The molecule has 1 saturated carbocycles. The van der Waals surface area contributed by atoms with E-state index in [2.05, 4.69) is 20.7 Å². The van der Waals surface area contributed by atoms with Crippen molar-refractivity contribution in [2.24, 2.45) is 0 Å². The van der Waals surface area contributed by atoms with E-state index in [1.54, 1.807) is 4.80 Å². The van der Waals surface area contributed by atoms with Gasteiger partial charge in [-0.3, -0.25) is 0 Å². The maximum Gasteiger partial charge on any atom is 0.204 e. The number of hydrogen-bond donors (Lipinski definition) is 1. The Morgan fingerprint density at radius 2 is 2.06 bits per heavy atom. The third-order valence-electron chi connectivity index (χ3n) is 2.81. The van der Waals surface area contributed by atoms with Crippen molar-refractivity contribution in [3.63, 3.8) is 0 Å². The van der Waals surface area contributed by atoms with Crippen molar-refractivity contribution in [2.75, 3.05) is 6.54 Å². The van der Waals surface area contributed by atoms with Gasteiger partial charge in [0.05, 0.1) is 6.54 Å². The van der Waals surface area contributed by atoms with E-state index in [0.29, 0.717) is 5.82 Å². The van der Waals surface area contributed by atoms with Gasteiger partial charge in [0.25, 0.3) is 0 Å². The van der Waals surface area contributed by atoms with E-state index < -0.39 is 0 Å². The molecule has 0 radical (unpaired) electrons. The molecule has 5 heteroatoms. The van der Waals surface area contributed by atoms with Gasteiger partial charge < -0.3 is 5.32 Å². The number of rotatable bonds is 5. The Hall–Kier alpha value is -1.75. The monoisotopic (exact) mass is 229 g/mol. The molecule has 1 heterocycles.